The van der Waals surface area contributed by atoms with Gasteiger partial charge in [-0.3, -0.25) is 9.69 Å². The molecule has 0 spiro atoms. The van der Waals surface area contributed by atoms with Gasteiger partial charge in [-0.1, -0.05) is 47.5 Å². The zero-order valence-corrected chi connectivity index (χ0v) is 15.1. The molecule has 1 fully saturated rings. The maximum atomic E-state index is 12.6. The van der Waals surface area contributed by atoms with E-state index in [4.69, 9.17) is 23.2 Å². The molecule has 1 amide bonds. The molecule has 0 aromatic heterocycles. The van der Waals surface area contributed by atoms with Crippen LogP contribution in [0.25, 0.3) is 0 Å². The highest BCUT2D eigenvalue weighted by molar-refractivity contribution is 6.36. The van der Waals surface area contributed by atoms with E-state index in [2.05, 4.69) is 36.1 Å². The minimum absolute atomic E-state index is 0.0211. The third kappa shape index (κ3) is 3.92. The summed E-state index contributed by atoms with van der Waals surface area (Å²) in [6.07, 6.45) is 0. The molecule has 0 saturated carbocycles. The average Bonchev–Trinajstić information content (AvgIpc) is 2.57. The summed E-state index contributed by atoms with van der Waals surface area (Å²) in [6.45, 7) is 6.22. The van der Waals surface area contributed by atoms with Gasteiger partial charge in [0.25, 0.3) is 5.91 Å². The summed E-state index contributed by atoms with van der Waals surface area (Å²) in [7, 11) is 0. The van der Waals surface area contributed by atoms with Gasteiger partial charge in [-0.15, -0.1) is 0 Å². The molecular formula is C19H20Cl2N2O. The average molecular weight is 363 g/mol. The van der Waals surface area contributed by atoms with E-state index in [9.17, 15) is 4.79 Å². The van der Waals surface area contributed by atoms with Crippen molar-refractivity contribution in [3.8, 4) is 0 Å². The third-order valence-electron chi connectivity index (χ3n) is 4.48. The summed E-state index contributed by atoms with van der Waals surface area (Å²) in [5, 5.41) is 0.953. The fraction of sp³-hybridized carbons (Fsp3) is 0.316. The fourth-order valence-corrected chi connectivity index (χ4v) is 3.46. The number of aryl methyl sites for hydroxylation is 1. The third-order valence-corrected chi connectivity index (χ3v) is 5.02. The Morgan fingerprint density at radius 3 is 2.42 bits per heavy atom. The number of halogens is 2. The van der Waals surface area contributed by atoms with Gasteiger partial charge >= 0.3 is 0 Å². The first kappa shape index (κ1) is 17.3. The molecule has 1 saturated heterocycles. The van der Waals surface area contributed by atoms with Crippen LogP contribution in [0.4, 0.5) is 0 Å². The standard InChI is InChI=1S/C19H20Cl2N2O/c1-14-4-2-3-5-15(14)13-22-8-10-23(11-9-22)19(24)17-7-6-16(20)12-18(17)21/h2-7,12H,8-11,13H2,1H3. The van der Waals surface area contributed by atoms with Crippen molar-refractivity contribution in [1.82, 2.24) is 9.80 Å². The lowest BCUT2D eigenvalue weighted by Gasteiger charge is -2.35. The van der Waals surface area contributed by atoms with Crippen LogP contribution in [0.3, 0.4) is 0 Å². The molecule has 24 heavy (non-hydrogen) atoms. The van der Waals surface area contributed by atoms with E-state index in [1.54, 1.807) is 18.2 Å². The second kappa shape index (κ2) is 7.56. The van der Waals surface area contributed by atoms with E-state index in [1.807, 2.05) is 4.90 Å². The van der Waals surface area contributed by atoms with Crippen LogP contribution in [-0.4, -0.2) is 41.9 Å². The van der Waals surface area contributed by atoms with Crippen molar-refractivity contribution in [2.75, 3.05) is 26.2 Å². The van der Waals surface area contributed by atoms with E-state index in [1.165, 1.54) is 11.1 Å². The lowest BCUT2D eigenvalue weighted by atomic mass is 10.1. The molecule has 3 rings (SSSR count). The molecule has 2 aromatic rings. The Labute approximate surface area is 152 Å². The Hall–Kier alpha value is -1.55. The summed E-state index contributed by atoms with van der Waals surface area (Å²) >= 11 is 12.1. The van der Waals surface area contributed by atoms with Gasteiger partial charge in [-0.25, -0.2) is 0 Å². The van der Waals surface area contributed by atoms with Crippen molar-refractivity contribution in [3.05, 3.63) is 69.2 Å². The van der Waals surface area contributed by atoms with Crippen molar-refractivity contribution in [2.24, 2.45) is 0 Å². The molecule has 0 N–H and O–H groups in total. The maximum Gasteiger partial charge on any atom is 0.255 e. The molecule has 0 aliphatic carbocycles. The first-order chi connectivity index (χ1) is 11.5. The monoisotopic (exact) mass is 362 g/mol. The molecule has 2 aromatic carbocycles. The summed E-state index contributed by atoms with van der Waals surface area (Å²) < 4.78 is 0. The van der Waals surface area contributed by atoms with Gasteiger partial charge < -0.3 is 4.90 Å². The number of carbonyl (C=O) groups is 1. The maximum absolute atomic E-state index is 12.6. The second-order valence-electron chi connectivity index (χ2n) is 6.12. The van der Waals surface area contributed by atoms with Crippen LogP contribution in [0.5, 0.6) is 0 Å². The Kier molecular flexibility index (Phi) is 5.44. The number of amides is 1. The first-order valence-corrected chi connectivity index (χ1v) is 8.81. The Bertz CT molecular complexity index is 740. The number of carbonyl (C=O) groups excluding carboxylic acids is 1. The summed E-state index contributed by atoms with van der Waals surface area (Å²) in [5.41, 5.74) is 3.18. The molecule has 5 heteroatoms. The van der Waals surface area contributed by atoms with Crippen LogP contribution in [0, 0.1) is 6.92 Å². The van der Waals surface area contributed by atoms with Gasteiger partial charge in [0.05, 0.1) is 10.6 Å². The normalized spacial score (nSPS) is 15.5. The molecule has 1 heterocycles. The van der Waals surface area contributed by atoms with Crippen LogP contribution in [0.1, 0.15) is 21.5 Å². The van der Waals surface area contributed by atoms with E-state index in [0.29, 0.717) is 28.7 Å². The Morgan fingerprint density at radius 1 is 1.04 bits per heavy atom. The molecule has 0 unspecified atom stereocenters. The van der Waals surface area contributed by atoms with Gasteiger partial charge in [0, 0.05) is 37.7 Å². The zero-order valence-electron chi connectivity index (χ0n) is 13.6. The Balaban J connectivity index is 1.60. The minimum Gasteiger partial charge on any atom is -0.336 e. The summed E-state index contributed by atoms with van der Waals surface area (Å²) in [6, 6.07) is 13.5. The number of hydrogen-bond acceptors (Lipinski definition) is 2. The highest BCUT2D eigenvalue weighted by atomic mass is 35.5. The van der Waals surface area contributed by atoms with Crippen LogP contribution in [0.2, 0.25) is 10.0 Å². The van der Waals surface area contributed by atoms with Crippen molar-refractivity contribution >= 4 is 29.1 Å². The van der Waals surface area contributed by atoms with Gasteiger partial charge in [0.1, 0.15) is 0 Å². The number of nitrogens with zero attached hydrogens (tertiary/aromatic N) is 2. The number of benzene rings is 2. The summed E-state index contributed by atoms with van der Waals surface area (Å²) in [4.78, 5) is 16.9. The van der Waals surface area contributed by atoms with Crippen molar-refractivity contribution in [1.29, 1.82) is 0 Å². The zero-order chi connectivity index (χ0) is 17.1. The quantitative estimate of drug-likeness (QED) is 0.814. The van der Waals surface area contributed by atoms with Gasteiger partial charge in [0.15, 0.2) is 0 Å². The molecule has 0 atom stereocenters. The topological polar surface area (TPSA) is 23.6 Å². The van der Waals surface area contributed by atoms with Crippen molar-refractivity contribution in [2.45, 2.75) is 13.5 Å². The van der Waals surface area contributed by atoms with E-state index >= 15 is 0 Å². The lowest BCUT2D eigenvalue weighted by Crippen LogP contribution is -2.48. The van der Waals surface area contributed by atoms with Crippen LogP contribution < -0.4 is 0 Å². The molecule has 0 radical (unpaired) electrons. The predicted molar refractivity (Wildman–Crippen MR) is 98.8 cm³/mol. The van der Waals surface area contributed by atoms with Crippen LogP contribution >= 0.6 is 23.2 Å². The molecule has 1 aliphatic heterocycles. The summed E-state index contributed by atoms with van der Waals surface area (Å²) in [5.74, 6) is -0.0211. The highest BCUT2D eigenvalue weighted by Crippen LogP contribution is 2.23. The SMILES string of the molecule is Cc1ccccc1CN1CCN(C(=O)c2ccc(Cl)cc2Cl)CC1. The largest absolute Gasteiger partial charge is 0.336 e. The predicted octanol–water partition coefficient (Wildman–Crippen LogP) is 4.26. The van der Waals surface area contributed by atoms with Crippen molar-refractivity contribution in [3.63, 3.8) is 0 Å². The smallest absolute Gasteiger partial charge is 0.255 e. The van der Waals surface area contributed by atoms with Gasteiger partial charge in [-0.05, 0) is 36.2 Å². The number of piperazine rings is 1. The van der Waals surface area contributed by atoms with Gasteiger partial charge in [0.2, 0.25) is 0 Å². The van der Waals surface area contributed by atoms with E-state index < -0.39 is 0 Å². The number of rotatable bonds is 3. The number of hydrogen-bond donors (Lipinski definition) is 0. The molecule has 3 nitrogen and oxygen atoms in total. The van der Waals surface area contributed by atoms with Crippen LogP contribution in [-0.2, 0) is 6.54 Å². The molecule has 1 aliphatic rings. The van der Waals surface area contributed by atoms with Gasteiger partial charge in [-0.2, -0.15) is 0 Å². The minimum atomic E-state index is -0.0211. The highest BCUT2D eigenvalue weighted by Gasteiger charge is 2.23. The fourth-order valence-electron chi connectivity index (χ4n) is 2.97. The van der Waals surface area contributed by atoms with Crippen molar-refractivity contribution < 1.29 is 4.79 Å². The molecule has 126 valence electrons. The second-order valence-corrected chi connectivity index (χ2v) is 6.96. The molecule has 0 bridgehead atoms. The van der Waals surface area contributed by atoms with Crippen LogP contribution in [0.15, 0.2) is 42.5 Å². The first-order valence-electron chi connectivity index (χ1n) is 8.06. The molecular weight excluding hydrogens is 343 g/mol. The van der Waals surface area contributed by atoms with E-state index in [0.717, 1.165) is 19.6 Å². The Morgan fingerprint density at radius 2 is 1.75 bits per heavy atom. The lowest BCUT2D eigenvalue weighted by molar-refractivity contribution is 0.0628. The van der Waals surface area contributed by atoms with E-state index in [-0.39, 0.29) is 5.91 Å².